The predicted octanol–water partition coefficient (Wildman–Crippen LogP) is 3.96. The summed E-state index contributed by atoms with van der Waals surface area (Å²) < 4.78 is 5.74. The van der Waals surface area contributed by atoms with Crippen molar-refractivity contribution in [3.05, 3.63) is 52.0 Å². The van der Waals surface area contributed by atoms with Crippen molar-refractivity contribution in [3.63, 3.8) is 0 Å². The number of ether oxygens (including phenoxy) is 1. The van der Waals surface area contributed by atoms with Crippen LogP contribution in [0.15, 0.2) is 35.7 Å². The van der Waals surface area contributed by atoms with Crippen LogP contribution in [0.5, 0.6) is 5.75 Å². The van der Waals surface area contributed by atoms with E-state index in [1.807, 2.05) is 50.4 Å². The summed E-state index contributed by atoms with van der Waals surface area (Å²) >= 11 is 1.61. The first kappa shape index (κ1) is 17.2. The van der Waals surface area contributed by atoms with Gasteiger partial charge in [0.25, 0.3) is 0 Å². The Hall–Kier alpha value is -2.14. The van der Waals surface area contributed by atoms with Crippen molar-refractivity contribution >= 4 is 23.3 Å². The van der Waals surface area contributed by atoms with Crippen molar-refractivity contribution in [2.24, 2.45) is 0 Å². The number of benzene rings is 1. The van der Waals surface area contributed by atoms with Gasteiger partial charge in [0.1, 0.15) is 12.4 Å². The molecule has 2 rings (SSSR count). The number of nitrogens with zero attached hydrogens (tertiary/aromatic N) is 1. The van der Waals surface area contributed by atoms with Gasteiger partial charge in [0.2, 0.25) is 5.91 Å². The van der Waals surface area contributed by atoms with Crippen molar-refractivity contribution in [1.29, 1.82) is 0 Å². The third-order valence-electron chi connectivity index (χ3n) is 3.34. The molecule has 4 nitrogen and oxygen atoms in total. The first-order chi connectivity index (χ1) is 11.1. The number of nitrogens with one attached hydrogen (secondary N) is 1. The van der Waals surface area contributed by atoms with Crippen LogP contribution < -0.4 is 10.1 Å². The largest absolute Gasteiger partial charge is 0.487 e. The van der Waals surface area contributed by atoms with Crippen molar-refractivity contribution in [2.75, 3.05) is 0 Å². The third kappa shape index (κ3) is 5.87. The quantitative estimate of drug-likeness (QED) is 0.782. The molecular weight excluding hydrogens is 308 g/mol. The average Bonchev–Trinajstić information content (AvgIpc) is 2.97. The molecule has 1 aromatic heterocycles. The number of rotatable bonds is 7. The molecule has 0 aliphatic rings. The maximum absolute atomic E-state index is 11.7. The average molecular weight is 330 g/mol. The molecule has 1 aromatic carbocycles. The van der Waals surface area contributed by atoms with Crippen LogP contribution in [0, 0.1) is 6.92 Å². The van der Waals surface area contributed by atoms with E-state index in [0.29, 0.717) is 6.61 Å². The van der Waals surface area contributed by atoms with Crippen LogP contribution in [-0.4, -0.2) is 16.9 Å². The highest BCUT2D eigenvalue weighted by atomic mass is 32.1. The number of carbonyl (C=O) groups excluding carboxylic acids is 1. The van der Waals surface area contributed by atoms with Gasteiger partial charge >= 0.3 is 0 Å². The molecule has 1 atom stereocenters. The predicted molar refractivity (Wildman–Crippen MR) is 94.6 cm³/mol. The molecule has 0 aliphatic heterocycles. The van der Waals surface area contributed by atoms with E-state index < -0.39 is 0 Å². The molecular formula is C18H22N2O2S. The van der Waals surface area contributed by atoms with Gasteiger partial charge in [-0.05, 0) is 44.0 Å². The smallest absolute Gasteiger partial charge is 0.244 e. The number of aryl methyl sites for hydroxylation is 1. The Balaban J connectivity index is 1.92. The monoisotopic (exact) mass is 330 g/mol. The Labute approximate surface area is 141 Å². The summed E-state index contributed by atoms with van der Waals surface area (Å²) in [6.45, 7) is 6.45. The van der Waals surface area contributed by atoms with Crippen molar-refractivity contribution in [2.45, 2.75) is 39.8 Å². The Morgan fingerprint density at radius 2 is 2.30 bits per heavy atom. The molecule has 1 N–H and O–H groups in total. The Bertz CT molecular complexity index is 679. The molecule has 2 aromatic rings. The van der Waals surface area contributed by atoms with Crippen molar-refractivity contribution in [1.82, 2.24) is 10.3 Å². The standard InChI is InChI=1S/C18H22N2O2S/c1-4-13(2)19-18(21)9-8-15-6-5-7-17(10-15)22-11-16-12-23-14(3)20-16/h5-10,12-13H,4,11H2,1-3H3,(H,19,21)/b9-8+. The van der Waals surface area contributed by atoms with Gasteiger partial charge in [0.05, 0.1) is 10.7 Å². The van der Waals surface area contributed by atoms with Gasteiger partial charge in [0, 0.05) is 17.5 Å². The lowest BCUT2D eigenvalue weighted by Gasteiger charge is -2.08. The van der Waals surface area contributed by atoms with Gasteiger partial charge < -0.3 is 10.1 Å². The van der Waals surface area contributed by atoms with Gasteiger partial charge in [-0.15, -0.1) is 11.3 Å². The number of amides is 1. The van der Waals surface area contributed by atoms with Crippen LogP contribution in [0.25, 0.3) is 6.08 Å². The summed E-state index contributed by atoms with van der Waals surface area (Å²) in [7, 11) is 0. The highest BCUT2D eigenvalue weighted by Gasteiger charge is 2.02. The van der Waals surface area contributed by atoms with Crippen molar-refractivity contribution < 1.29 is 9.53 Å². The van der Waals surface area contributed by atoms with E-state index in [1.54, 1.807) is 23.5 Å². The highest BCUT2D eigenvalue weighted by molar-refractivity contribution is 7.09. The summed E-state index contributed by atoms with van der Waals surface area (Å²) in [4.78, 5) is 16.1. The zero-order chi connectivity index (χ0) is 16.7. The molecule has 1 amide bonds. The number of aromatic nitrogens is 1. The second-order valence-electron chi connectivity index (χ2n) is 5.37. The second-order valence-corrected chi connectivity index (χ2v) is 6.43. The van der Waals surface area contributed by atoms with E-state index in [2.05, 4.69) is 10.3 Å². The first-order valence-electron chi connectivity index (χ1n) is 7.69. The Morgan fingerprint density at radius 3 is 3.00 bits per heavy atom. The minimum atomic E-state index is -0.0800. The summed E-state index contributed by atoms with van der Waals surface area (Å²) in [5, 5.41) is 5.93. The van der Waals surface area contributed by atoms with Gasteiger partial charge in [-0.1, -0.05) is 19.1 Å². The summed E-state index contributed by atoms with van der Waals surface area (Å²) in [5.74, 6) is 0.684. The number of carbonyl (C=O) groups is 1. The minimum absolute atomic E-state index is 0.0800. The second kappa shape index (κ2) is 8.48. The minimum Gasteiger partial charge on any atom is -0.487 e. The van der Waals surface area contributed by atoms with E-state index in [9.17, 15) is 4.79 Å². The molecule has 1 unspecified atom stereocenters. The molecule has 0 saturated heterocycles. The van der Waals surface area contributed by atoms with Crippen molar-refractivity contribution in [3.8, 4) is 5.75 Å². The summed E-state index contributed by atoms with van der Waals surface area (Å²) in [6.07, 6.45) is 4.26. The van der Waals surface area contributed by atoms with Crippen LogP contribution >= 0.6 is 11.3 Å². The lowest BCUT2D eigenvalue weighted by Crippen LogP contribution is -2.30. The van der Waals surface area contributed by atoms with Crippen LogP contribution in [0.2, 0.25) is 0 Å². The molecule has 0 fully saturated rings. The Morgan fingerprint density at radius 1 is 1.48 bits per heavy atom. The molecule has 0 bridgehead atoms. The molecule has 1 heterocycles. The molecule has 23 heavy (non-hydrogen) atoms. The highest BCUT2D eigenvalue weighted by Crippen LogP contribution is 2.17. The molecule has 5 heteroatoms. The fraction of sp³-hybridized carbons (Fsp3) is 0.333. The number of hydrogen-bond donors (Lipinski definition) is 1. The zero-order valence-electron chi connectivity index (χ0n) is 13.7. The van der Waals surface area contributed by atoms with Crippen LogP contribution in [0.3, 0.4) is 0 Å². The summed E-state index contributed by atoms with van der Waals surface area (Å²) in [6, 6.07) is 7.84. The third-order valence-corrected chi connectivity index (χ3v) is 4.16. The van der Waals surface area contributed by atoms with E-state index in [4.69, 9.17) is 4.74 Å². The van der Waals surface area contributed by atoms with E-state index >= 15 is 0 Å². The first-order valence-corrected chi connectivity index (χ1v) is 8.57. The van der Waals surface area contributed by atoms with E-state index in [1.165, 1.54) is 0 Å². The van der Waals surface area contributed by atoms with Crippen LogP contribution in [0.1, 0.15) is 36.5 Å². The van der Waals surface area contributed by atoms with Crippen LogP contribution in [-0.2, 0) is 11.4 Å². The van der Waals surface area contributed by atoms with E-state index in [0.717, 1.165) is 28.4 Å². The summed E-state index contributed by atoms with van der Waals surface area (Å²) in [5.41, 5.74) is 1.86. The fourth-order valence-electron chi connectivity index (χ4n) is 1.90. The normalized spacial score (nSPS) is 12.3. The van der Waals surface area contributed by atoms with Crippen LogP contribution in [0.4, 0.5) is 0 Å². The maximum atomic E-state index is 11.7. The number of hydrogen-bond acceptors (Lipinski definition) is 4. The van der Waals surface area contributed by atoms with Gasteiger partial charge in [-0.2, -0.15) is 0 Å². The Kier molecular flexibility index (Phi) is 6.35. The topological polar surface area (TPSA) is 51.2 Å². The number of thiazole rings is 1. The fourth-order valence-corrected chi connectivity index (χ4v) is 2.50. The maximum Gasteiger partial charge on any atom is 0.244 e. The SMILES string of the molecule is CCC(C)NC(=O)/C=C/c1cccc(OCc2csc(C)n2)c1. The zero-order valence-corrected chi connectivity index (χ0v) is 14.5. The van der Waals surface area contributed by atoms with Gasteiger partial charge in [0.15, 0.2) is 0 Å². The lowest BCUT2D eigenvalue weighted by atomic mass is 10.2. The molecule has 0 spiro atoms. The van der Waals surface area contributed by atoms with Gasteiger partial charge in [-0.25, -0.2) is 4.98 Å². The van der Waals surface area contributed by atoms with E-state index in [-0.39, 0.29) is 11.9 Å². The molecule has 122 valence electrons. The lowest BCUT2D eigenvalue weighted by molar-refractivity contribution is -0.117. The molecule has 0 saturated carbocycles. The molecule has 0 aliphatic carbocycles. The molecule has 0 radical (unpaired) electrons. The van der Waals surface area contributed by atoms with Gasteiger partial charge in [-0.3, -0.25) is 4.79 Å².